The smallest absolute Gasteiger partial charge is 0.312 e. The van der Waals surface area contributed by atoms with Crippen LogP contribution in [0.4, 0.5) is 0 Å². The van der Waals surface area contributed by atoms with Crippen LogP contribution in [0.3, 0.4) is 0 Å². The molecule has 0 spiro atoms. The molecule has 5 rings (SSSR count). The monoisotopic (exact) mass is 434 g/mol. The Hall–Kier alpha value is -0.650. The van der Waals surface area contributed by atoms with Crippen molar-refractivity contribution in [1.29, 1.82) is 0 Å². The van der Waals surface area contributed by atoms with Crippen molar-refractivity contribution in [2.45, 2.75) is 89.8 Å². The Kier molecular flexibility index (Phi) is 6.92. The highest BCUT2D eigenvalue weighted by Crippen LogP contribution is 2.52. The molecule has 5 atom stereocenters. The van der Waals surface area contributed by atoms with Crippen molar-refractivity contribution in [3.63, 3.8) is 0 Å². The molecular formula is C26H42O5. The van der Waals surface area contributed by atoms with Gasteiger partial charge < -0.3 is 19.3 Å². The van der Waals surface area contributed by atoms with Gasteiger partial charge in [0.15, 0.2) is 6.29 Å². The predicted molar refractivity (Wildman–Crippen MR) is 117 cm³/mol. The predicted octanol–water partition coefficient (Wildman–Crippen LogP) is 4.70. The Labute approximate surface area is 187 Å². The van der Waals surface area contributed by atoms with Gasteiger partial charge in [-0.2, -0.15) is 0 Å². The summed E-state index contributed by atoms with van der Waals surface area (Å²) in [6.07, 6.45) is 15.3. The number of rotatable bonds is 6. The quantitative estimate of drug-likeness (QED) is 0.614. The molecule has 0 aromatic heterocycles. The number of hydrogen-bond donors (Lipinski definition) is 1. The standard InChI is InChI=1S/C26H42O5/c27-8-6-21-10-20-5-2-7-26(13-20,14-21)25(28)31-17-22-15-29-24(30-16-22)23-11-18-3-1-4-19(9-18)12-23/h18-24,27H,1-17H2. The van der Waals surface area contributed by atoms with E-state index in [9.17, 15) is 9.90 Å². The van der Waals surface area contributed by atoms with E-state index in [0.717, 1.165) is 43.9 Å². The third kappa shape index (κ3) is 4.99. The first-order valence-corrected chi connectivity index (χ1v) is 13.1. The van der Waals surface area contributed by atoms with Gasteiger partial charge in [-0.1, -0.05) is 32.1 Å². The molecule has 1 saturated heterocycles. The molecule has 0 aromatic rings. The zero-order valence-electron chi connectivity index (χ0n) is 19.1. The fraction of sp³-hybridized carbons (Fsp3) is 0.962. The van der Waals surface area contributed by atoms with E-state index >= 15 is 0 Å². The van der Waals surface area contributed by atoms with E-state index in [2.05, 4.69) is 0 Å². The minimum atomic E-state index is -0.306. The number of carbonyl (C=O) groups excluding carboxylic acids is 1. The molecule has 0 radical (unpaired) electrons. The van der Waals surface area contributed by atoms with Crippen molar-refractivity contribution in [2.24, 2.45) is 40.9 Å². The summed E-state index contributed by atoms with van der Waals surface area (Å²) in [5, 5.41) is 9.40. The Balaban J connectivity index is 1.09. The molecule has 4 bridgehead atoms. The molecule has 5 nitrogen and oxygen atoms in total. The summed E-state index contributed by atoms with van der Waals surface area (Å²) in [6.45, 7) is 1.93. The van der Waals surface area contributed by atoms with Gasteiger partial charge in [0.25, 0.3) is 0 Å². The second-order valence-corrected chi connectivity index (χ2v) is 11.7. The average Bonchev–Trinajstić information content (AvgIpc) is 2.77. The van der Waals surface area contributed by atoms with Crippen LogP contribution >= 0.6 is 0 Å². The zero-order chi connectivity index (χ0) is 21.3. The van der Waals surface area contributed by atoms with Gasteiger partial charge in [-0.05, 0) is 75.0 Å². The summed E-state index contributed by atoms with van der Waals surface area (Å²) in [7, 11) is 0. The number of hydrogen-bond acceptors (Lipinski definition) is 5. The highest BCUT2D eigenvalue weighted by molar-refractivity contribution is 5.77. The molecule has 5 fully saturated rings. The Morgan fingerprint density at radius 1 is 0.903 bits per heavy atom. The van der Waals surface area contributed by atoms with Crippen LogP contribution in [-0.4, -0.2) is 43.8 Å². The van der Waals surface area contributed by atoms with Crippen molar-refractivity contribution in [3.05, 3.63) is 0 Å². The van der Waals surface area contributed by atoms with E-state index in [1.807, 2.05) is 0 Å². The van der Waals surface area contributed by atoms with Gasteiger partial charge in [0.05, 0.1) is 25.2 Å². The second-order valence-electron chi connectivity index (χ2n) is 11.7. The van der Waals surface area contributed by atoms with Gasteiger partial charge in [-0.15, -0.1) is 0 Å². The van der Waals surface area contributed by atoms with E-state index in [0.29, 0.717) is 37.6 Å². The lowest BCUT2D eigenvalue weighted by molar-refractivity contribution is -0.239. The van der Waals surface area contributed by atoms with Gasteiger partial charge in [-0.3, -0.25) is 4.79 Å². The molecule has 0 aromatic carbocycles. The van der Waals surface area contributed by atoms with Crippen molar-refractivity contribution >= 4 is 5.97 Å². The Morgan fingerprint density at radius 2 is 1.65 bits per heavy atom. The van der Waals surface area contributed by atoms with Gasteiger partial charge in [0.1, 0.15) is 0 Å². The lowest BCUT2D eigenvalue weighted by atomic mass is 9.58. The molecule has 4 aliphatic carbocycles. The minimum Gasteiger partial charge on any atom is -0.465 e. The highest BCUT2D eigenvalue weighted by atomic mass is 16.7. The van der Waals surface area contributed by atoms with Gasteiger partial charge in [0, 0.05) is 18.4 Å². The van der Waals surface area contributed by atoms with Crippen molar-refractivity contribution in [2.75, 3.05) is 26.4 Å². The van der Waals surface area contributed by atoms with Crippen LogP contribution in [-0.2, 0) is 19.0 Å². The first-order valence-electron chi connectivity index (χ1n) is 13.1. The van der Waals surface area contributed by atoms with Crippen molar-refractivity contribution in [3.8, 4) is 0 Å². The normalized spacial score (nSPS) is 45.1. The Bertz CT molecular complexity index is 603. The topological polar surface area (TPSA) is 65.0 Å². The first kappa shape index (κ1) is 22.2. The van der Waals surface area contributed by atoms with E-state index < -0.39 is 0 Å². The Morgan fingerprint density at radius 3 is 2.39 bits per heavy atom. The summed E-state index contributed by atoms with van der Waals surface area (Å²) in [5.74, 6) is 3.56. The molecule has 1 heterocycles. The van der Waals surface area contributed by atoms with Crippen molar-refractivity contribution < 1.29 is 24.1 Å². The maximum Gasteiger partial charge on any atom is 0.312 e. The number of aliphatic hydroxyl groups is 1. The van der Waals surface area contributed by atoms with Crippen LogP contribution < -0.4 is 0 Å². The largest absolute Gasteiger partial charge is 0.465 e. The molecule has 5 aliphatic rings. The van der Waals surface area contributed by atoms with Crippen LogP contribution in [0.5, 0.6) is 0 Å². The molecule has 31 heavy (non-hydrogen) atoms. The number of carbonyl (C=O) groups is 1. The molecule has 1 aliphatic heterocycles. The number of esters is 1. The maximum absolute atomic E-state index is 13.2. The molecule has 4 saturated carbocycles. The van der Waals surface area contributed by atoms with E-state index in [1.165, 1.54) is 51.4 Å². The number of fused-ring (bicyclic) bond motifs is 4. The maximum atomic E-state index is 13.2. The molecule has 0 amide bonds. The minimum absolute atomic E-state index is 0.00192. The first-order chi connectivity index (χ1) is 15.1. The summed E-state index contributed by atoms with van der Waals surface area (Å²) in [5.41, 5.74) is -0.306. The SMILES string of the molecule is O=C(OCC1COC(C2CC3CCCC(C3)C2)OC1)C12CCCC(CC(CCO)C1)C2. The lowest BCUT2D eigenvalue weighted by Gasteiger charge is -2.46. The summed E-state index contributed by atoms with van der Waals surface area (Å²) >= 11 is 0. The fourth-order valence-electron chi connectivity index (χ4n) is 7.93. The lowest BCUT2D eigenvalue weighted by Crippen LogP contribution is -2.45. The molecule has 5 unspecified atom stereocenters. The average molecular weight is 435 g/mol. The van der Waals surface area contributed by atoms with Gasteiger partial charge >= 0.3 is 5.97 Å². The van der Waals surface area contributed by atoms with Gasteiger partial charge in [-0.25, -0.2) is 0 Å². The van der Waals surface area contributed by atoms with Crippen molar-refractivity contribution in [1.82, 2.24) is 0 Å². The van der Waals surface area contributed by atoms with Crippen LogP contribution in [0.1, 0.15) is 83.5 Å². The molecule has 5 heteroatoms. The van der Waals surface area contributed by atoms with Crippen LogP contribution in [0.15, 0.2) is 0 Å². The van der Waals surface area contributed by atoms with E-state index in [1.54, 1.807) is 0 Å². The number of aliphatic hydroxyl groups excluding tert-OH is 1. The van der Waals surface area contributed by atoms with E-state index in [4.69, 9.17) is 14.2 Å². The van der Waals surface area contributed by atoms with Crippen LogP contribution in [0.2, 0.25) is 0 Å². The molecular weight excluding hydrogens is 392 g/mol. The molecule has 1 N–H and O–H groups in total. The summed E-state index contributed by atoms with van der Waals surface area (Å²) in [6, 6.07) is 0. The zero-order valence-corrected chi connectivity index (χ0v) is 19.1. The van der Waals surface area contributed by atoms with Crippen LogP contribution in [0.25, 0.3) is 0 Å². The highest BCUT2D eigenvalue weighted by Gasteiger charge is 2.49. The van der Waals surface area contributed by atoms with Crippen LogP contribution in [0, 0.1) is 40.9 Å². The summed E-state index contributed by atoms with van der Waals surface area (Å²) in [4.78, 5) is 13.2. The van der Waals surface area contributed by atoms with E-state index in [-0.39, 0.29) is 30.2 Å². The molecule has 176 valence electrons. The third-order valence-corrected chi connectivity index (χ3v) is 9.25. The second kappa shape index (κ2) is 9.69. The number of ether oxygens (including phenoxy) is 3. The van der Waals surface area contributed by atoms with Gasteiger partial charge in [0.2, 0.25) is 0 Å². The fourth-order valence-corrected chi connectivity index (χ4v) is 7.93. The third-order valence-electron chi connectivity index (χ3n) is 9.25. The summed E-state index contributed by atoms with van der Waals surface area (Å²) < 4.78 is 18.2.